The number of aliphatic hydroxyl groups is 1. The maximum absolute atomic E-state index is 15.8. The predicted octanol–water partition coefficient (Wildman–Crippen LogP) is 3.77. The second kappa shape index (κ2) is 30.6. The number of methoxy groups -OCH3 is 1. The molecular formula is C69H80F2N14O11S2. The largest absolute Gasteiger partial charge is 0.497 e. The Balaban J connectivity index is 1.00. The molecule has 7 aromatic rings. The zero-order valence-corrected chi connectivity index (χ0v) is 56.6. The van der Waals surface area contributed by atoms with E-state index in [2.05, 4.69) is 52.5 Å². The lowest BCUT2D eigenvalue weighted by Crippen LogP contribution is -2.63. The van der Waals surface area contributed by atoms with E-state index in [9.17, 15) is 38.3 Å². The number of fused-ring (bicyclic) bond motifs is 7. The van der Waals surface area contributed by atoms with Crippen LogP contribution < -0.4 is 42.0 Å². The Bertz CT molecular complexity index is 4180. The molecule has 25 nitrogen and oxygen atoms in total. The third-order valence-corrected chi connectivity index (χ3v) is 20.6. The lowest BCUT2D eigenvalue weighted by atomic mass is 9.95. The third-order valence-electron chi connectivity index (χ3n) is 18.5. The van der Waals surface area contributed by atoms with Gasteiger partial charge < -0.3 is 66.4 Å². The highest BCUT2D eigenvalue weighted by atomic mass is 32.2. The second-order valence-corrected chi connectivity index (χ2v) is 27.9. The number of thioether (sulfide) groups is 2. The number of aromatic nitrogens is 5. The second-order valence-electron chi connectivity index (χ2n) is 25.7. The van der Waals surface area contributed by atoms with Crippen molar-refractivity contribution in [3.05, 3.63) is 143 Å². The number of nitrogens with zero attached hydrogens (tertiary/aromatic N) is 6. The van der Waals surface area contributed by atoms with Crippen molar-refractivity contribution < 1.29 is 61.8 Å². The molecule has 518 valence electrons. The minimum Gasteiger partial charge on any atom is -0.497 e. The fourth-order valence-electron chi connectivity index (χ4n) is 13.2. The van der Waals surface area contributed by atoms with E-state index in [0.29, 0.717) is 91.5 Å². The highest BCUT2D eigenvalue weighted by Crippen LogP contribution is 2.33. The number of carbonyl (C=O) groups excluding carboxylic acids is 9. The van der Waals surface area contributed by atoms with Crippen LogP contribution in [0.25, 0.3) is 27.5 Å². The molecule has 4 aromatic carbocycles. The highest BCUT2D eigenvalue weighted by Gasteiger charge is 2.48. The molecule has 0 radical (unpaired) electrons. The van der Waals surface area contributed by atoms with Crippen LogP contribution in [0.3, 0.4) is 0 Å². The number of hydrogen-bond acceptors (Lipinski definition) is 15. The zero-order chi connectivity index (χ0) is 69.5. The number of benzene rings is 4. The fraction of sp³-hybridized carbons (Fsp3) is 0.435. The first-order valence-corrected chi connectivity index (χ1v) is 35.1. The molecule has 2 saturated heterocycles. The summed E-state index contributed by atoms with van der Waals surface area (Å²) in [4.78, 5) is 138. The summed E-state index contributed by atoms with van der Waals surface area (Å²) in [5.41, 5.74) is 4.04. The third kappa shape index (κ3) is 16.1. The van der Waals surface area contributed by atoms with Gasteiger partial charge in [0.2, 0.25) is 53.2 Å². The Kier molecular flexibility index (Phi) is 21.9. The summed E-state index contributed by atoms with van der Waals surface area (Å²) >= 11 is 3.06. The first kappa shape index (κ1) is 70.0. The molecule has 8 bridgehead atoms. The molecule has 0 aliphatic carbocycles. The summed E-state index contributed by atoms with van der Waals surface area (Å²) < 4.78 is 39.5. The van der Waals surface area contributed by atoms with E-state index >= 15 is 18.8 Å². The Hall–Kier alpha value is -9.35. The SMILES string of the molecule is COc1ccc(C[C@@H]2NC(=O)[C@H]([C@@H](C)O)NC(=O)[C@@H]3CCCN3C(=O)[C@@H]3Cc4cn(c5ccc(F)cc45)Cc4cn(nn4)-c4cc(cc(c4)CSCCC(=O)N[C@@H](C)C(=O)N[C@H](C)C(=O)N[C@@H](Cc4c[nH]c5ccc(F)cc45)C(=O)N3)CSCCNC(=O)[C@]3(C)CCCN3C2=O)cc1. The number of H-pyrrole nitrogens is 1. The van der Waals surface area contributed by atoms with Crippen molar-refractivity contribution in [3.8, 4) is 11.4 Å². The van der Waals surface area contributed by atoms with Crippen LogP contribution in [0, 0.1) is 11.6 Å². The maximum atomic E-state index is 15.8. The van der Waals surface area contributed by atoms with Gasteiger partial charge in [-0.05, 0) is 142 Å². The van der Waals surface area contributed by atoms with Crippen molar-refractivity contribution in [1.82, 2.24) is 71.6 Å². The molecule has 0 spiro atoms. The van der Waals surface area contributed by atoms with E-state index in [1.54, 1.807) is 76.9 Å². The van der Waals surface area contributed by atoms with Crippen molar-refractivity contribution in [2.24, 2.45) is 0 Å². The lowest BCUT2D eigenvalue weighted by Gasteiger charge is -2.37. The van der Waals surface area contributed by atoms with Gasteiger partial charge in [-0.1, -0.05) is 23.4 Å². The van der Waals surface area contributed by atoms with E-state index in [-0.39, 0.29) is 70.6 Å². The average molecular weight is 1380 g/mol. The van der Waals surface area contributed by atoms with Crippen LogP contribution >= 0.6 is 23.5 Å². The summed E-state index contributed by atoms with van der Waals surface area (Å²) in [6.45, 7) is 6.30. The van der Waals surface area contributed by atoms with Crippen molar-refractivity contribution in [3.63, 3.8) is 0 Å². The number of amides is 9. The Morgan fingerprint density at radius 3 is 2.17 bits per heavy atom. The molecule has 7 heterocycles. The van der Waals surface area contributed by atoms with Gasteiger partial charge in [0.25, 0.3) is 0 Å². The average Bonchev–Trinajstić information content (AvgIpc) is 1.48. The smallest absolute Gasteiger partial charge is 0.246 e. The van der Waals surface area contributed by atoms with E-state index < -0.39 is 113 Å². The van der Waals surface area contributed by atoms with Crippen LogP contribution in [0.2, 0.25) is 0 Å². The topological polar surface area (TPSA) is 325 Å². The molecule has 4 aliphatic heterocycles. The minimum absolute atomic E-state index is 0.0409. The van der Waals surface area contributed by atoms with Crippen LogP contribution in [0.4, 0.5) is 8.78 Å². The van der Waals surface area contributed by atoms with Crippen LogP contribution in [-0.4, -0.2) is 185 Å². The Morgan fingerprint density at radius 2 is 1.43 bits per heavy atom. The van der Waals surface area contributed by atoms with Gasteiger partial charge >= 0.3 is 0 Å². The van der Waals surface area contributed by atoms with Crippen molar-refractivity contribution >= 4 is 98.5 Å². The minimum atomic E-state index is -1.71. The number of halogens is 2. The number of hydrogen-bond donors (Lipinski definition) is 9. The number of carbonyl (C=O) groups is 9. The molecule has 29 heteroatoms. The molecule has 98 heavy (non-hydrogen) atoms. The first-order valence-electron chi connectivity index (χ1n) is 32.8. The summed E-state index contributed by atoms with van der Waals surface area (Å²) in [6, 6.07) is 11.1. The van der Waals surface area contributed by atoms with Gasteiger partial charge in [0.15, 0.2) is 0 Å². The fourth-order valence-corrected chi connectivity index (χ4v) is 14.9. The normalized spacial score (nSPS) is 24.6. The molecule has 9 amide bonds. The van der Waals surface area contributed by atoms with Crippen LogP contribution in [0.1, 0.15) is 93.3 Å². The van der Waals surface area contributed by atoms with Crippen LogP contribution in [0.5, 0.6) is 5.75 Å². The quantitative estimate of drug-likeness (QED) is 0.114. The molecule has 4 aliphatic rings. The highest BCUT2D eigenvalue weighted by molar-refractivity contribution is 7.98. The van der Waals surface area contributed by atoms with Gasteiger partial charge in [-0.3, -0.25) is 43.2 Å². The molecule has 3 aromatic heterocycles. The monoisotopic (exact) mass is 1380 g/mol. The number of aromatic amines is 1. The predicted molar refractivity (Wildman–Crippen MR) is 363 cm³/mol. The van der Waals surface area contributed by atoms with Gasteiger partial charge in [0.1, 0.15) is 70.9 Å². The first-order chi connectivity index (χ1) is 47.0. The summed E-state index contributed by atoms with van der Waals surface area (Å²) in [5, 5.41) is 40.7. The molecule has 11 rings (SSSR count). The number of ether oxygens (including phenoxy) is 1. The van der Waals surface area contributed by atoms with Crippen molar-refractivity contribution in [2.75, 3.05) is 38.2 Å². The molecule has 9 atom stereocenters. The summed E-state index contributed by atoms with van der Waals surface area (Å²) in [6.07, 6.45) is 3.88. The van der Waals surface area contributed by atoms with Crippen molar-refractivity contribution in [2.45, 2.75) is 151 Å². The van der Waals surface area contributed by atoms with Crippen LogP contribution in [0.15, 0.2) is 97.5 Å². The van der Waals surface area contributed by atoms with E-state index in [0.717, 1.165) is 11.1 Å². The van der Waals surface area contributed by atoms with Gasteiger partial charge in [-0.15, -0.1) is 5.10 Å². The van der Waals surface area contributed by atoms with Gasteiger partial charge in [0, 0.05) is 103 Å². The molecular weight excluding hydrogens is 1300 g/mol. The zero-order valence-electron chi connectivity index (χ0n) is 55.0. The van der Waals surface area contributed by atoms with Gasteiger partial charge in [0.05, 0.1) is 31.6 Å². The summed E-state index contributed by atoms with van der Waals surface area (Å²) in [5.74, 6) is -5.30. The number of rotatable bonds is 6. The standard InChI is InChI=1S/C69H80F2N14O11S2/c1-38-61(88)75-39(2)62(89)76-54(28-44-32-73-53-15-11-46(70)30-51(44)53)63(90)77-56-29-45-33-82(57-16-12-47(71)31-52(45)57)34-48-35-85(81-80-48)49-25-42(36-97-22-17-59(87)74-38)24-43(26-49)37-98-23-19-72-68(95)69(4)18-7-21-84(69)67(94)55(27-41-9-13-50(96-5)14-10-41)78-65(92)60(40(3)86)79-64(91)58-8-6-20-83(58)66(56)93/h9-16,24-26,30-33,35,38-40,54-56,58,60,73,86H,6-8,17-23,27-29,34,36-37H2,1-5H3,(H,72,95)(H,74,87)(H,75,88)(H,76,89)(H,77,90)(H,78,92)(H,79,91)/t38-,39+,40+,54-,55-,56-,58-,60-,69-/m0/s1. The molecule has 2 fully saturated rings. The van der Waals surface area contributed by atoms with E-state index in [1.807, 2.05) is 18.2 Å². The van der Waals surface area contributed by atoms with Gasteiger partial charge in [-0.25, -0.2) is 13.5 Å². The van der Waals surface area contributed by atoms with Crippen molar-refractivity contribution in [1.29, 1.82) is 0 Å². The van der Waals surface area contributed by atoms with E-state index in [4.69, 9.17) is 4.74 Å². The Morgan fingerprint density at radius 1 is 0.724 bits per heavy atom. The van der Waals surface area contributed by atoms with Gasteiger partial charge in [-0.2, -0.15) is 23.5 Å². The summed E-state index contributed by atoms with van der Waals surface area (Å²) in [7, 11) is 1.51. The molecule has 0 saturated carbocycles. The maximum Gasteiger partial charge on any atom is 0.246 e. The Labute approximate surface area is 572 Å². The van der Waals surface area contributed by atoms with Crippen LogP contribution in [-0.2, 0) is 80.5 Å². The number of nitrogens with one attached hydrogen (secondary N) is 8. The molecule has 9 N–H and O–H groups in total. The lowest BCUT2D eigenvalue weighted by molar-refractivity contribution is -0.147. The van der Waals surface area contributed by atoms with E-state index in [1.165, 1.54) is 79.8 Å². The molecule has 0 unspecified atom stereocenters. The number of aliphatic hydroxyl groups excluding tert-OH is 1.